The van der Waals surface area contributed by atoms with Crippen molar-refractivity contribution in [2.45, 2.75) is 62.2 Å². The average Bonchev–Trinajstić information content (AvgIpc) is 2.55. The zero-order chi connectivity index (χ0) is 17.3. The molecule has 0 bridgehead atoms. The molecule has 136 valence electrons. The second kappa shape index (κ2) is 7.66. The van der Waals surface area contributed by atoms with Crippen LogP contribution in [0.3, 0.4) is 0 Å². The summed E-state index contributed by atoms with van der Waals surface area (Å²) in [7, 11) is 0. The van der Waals surface area contributed by atoms with E-state index in [1.165, 1.54) is 6.92 Å². The predicted octanol–water partition coefficient (Wildman–Crippen LogP) is -4.12. The van der Waals surface area contributed by atoms with Crippen LogP contribution in [0, 0.1) is 5.92 Å². The number of hydrogen-bond acceptors (Lipinski definition) is 10. The molecule has 10 atom stereocenters. The van der Waals surface area contributed by atoms with Crippen LogP contribution >= 0.6 is 0 Å². The van der Waals surface area contributed by atoms with Gasteiger partial charge in [-0.3, -0.25) is 0 Å². The van der Waals surface area contributed by atoms with Gasteiger partial charge in [0.15, 0.2) is 12.6 Å². The van der Waals surface area contributed by atoms with Crippen LogP contribution in [0.25, 0.3) is 0 Å². The van der Waals surface area contributed by atoms with Crippen molar-refractivity contribution in [3.63, 3.8) is 0 Å². The SMILES string of the molecule is CC1C(O)C(CO)OC(OC2OC(CO)C(O)C(O)C2O)C1O. The summed E-state index contributed by atoms with van der Waals surface area (Å²) < 4.78 is 15.7. The quantitative estimate of drug-likeness (QED) is 0.267. The second-order valence-electron chi connectivity index (χ2n) is 5.90. The normalized spacial score (nSPS) is 51.7. The maximum Gasteiger partial charge on any atom is 0.189 e. The lowest BCUT2D eigenvalue weighted by Crippen LogP contribution is -2.62. The van der Waals surface area contributed by atoms with Crippen LogP contribution in [0.15, 0.2) is 0 Å². The molecule has 7 N–H and O–H groups in total. The highest BCUT2D eigenvalue weighted by Gasteiger charge is 2.48. The van der Waals surface area contributed by atoms with Crippen molar-refractivity contribution < 1.29 is 50.0 Å². The Bertz CT molecular complexity index is 344. The molecule has 2 saturated heterocycles. The molecule has 0 spiro atoms. The molecule has 0 saturated carbocycles. The molecule has 0 aromatic heterocycles. The van der Waals surface area contributed by atoms with Crippen LogP contribution in [0.2, 0.25) is 0 Å². The maximum atomic E-state index is 10.1. The van der Waals surface area contributed by atoms with Gasteiger partial charge in [-0.25, -0.2) is 0 Å². The summed E-state index contributed by atoms with van der Waals surface area (Å²) >= 11 is 0. The summed E-state index contributed by atoms with van der Waals surface area (Å²) in [6.45, 7) is 0.407. The molecule has 2 fully saturated rings. The van der Waals surface area contributed by atoms with E-state index in [1.54, 1.807) is 0 Å². The first-order valence-electron chi connectivity index (χ1n) is 7.40. The zero-order valence-corrected chi connectivity index (χ0v) is 12.5. The fourth-order valence-electron chi connectivity index (χ4n) is 2.70. The first-order valence-corrected chi connectivity index (χ1v) is 7.40. The van der Waals surface area contributed by atoms with Gasteiger partial charge < -0.3 is 50.0 Å². The Morgan fingerprint density at radius 3 is 1.70 bits per heavy atom. The minimum atomic E-state index is -1.64. The topological polar surface area (TPSA) is 169 Å². The Morgan fingerprint density at radius 1 is 0.696 bits per heavy atom. The van der Waals surface area contributed by atoms with Crippen molar-refractivity contribution in [3.8, 4) is 0 Å². The van der Waals surface area contributed by atoms with Gasteiger partial charge in [0.2, 0.25) is 0 Å². The van der Waals surface area contributed by atoms with Crippen molar-refractivity contribution in [2.24, 2.45) is 5.92 Å². The Balaban J connectivity index is 2.07. The summed E-state index contributed by atoms with van der Waals surface area (Å²) in [6.07, 6.45) is -12.2. The van der Waals surface area contributed by atoms with Gasteiger partial charge in [0.25, 0.3) is 0 Å². The molecule has 2 aliphatic rings. The van der Waals surface area contributed by atoms with Crippen molar-refractivity contribution >= 4 is 0 Å². The van der Waals surface area contributed by atoms with Gasteiger partial charge in [0, 0.05) is 5.92 Å². The molecule has 2 rings (SSSR count). The monoisotopic (exact) mass is 340 g/mol. The van der Waals surface area contributed by atoms with Gasteiger partial charge in [0.1, 0.15) is 36.6 Å². The first kappa shape index (κ1) is 18.9. The van der Waals surface area contributed by atoms with Gasteiger partial charge in [0.05, 0.1) is 19.3 Å². The Kier molecular flexibility index (Phi) is 6.30. The van der Waals surface area contributed by atoms with Crippen molar-refractivity contribution in [1.29, 1.82) is 0 Å². The number of hydrogen-bond donors (Lipinski definition) is 7. The van der Waals surface area contributed by atoms with Gasteiger partial charge in [-0.15, -0.1) is 0 Å². The van der Waals surface area contributed by atoms with Crippen molar-refractivity contribution in [1.82, 2.24) is 0 Å². The highest BCUT2D eigenvalue weighted by Crippen LogP contribution is 2.30. The minimum absolute atomic E-state index is 0.507. The van der Waals surface area contributed by atoms with E-state index >= 15 is 0 Å². The van der Waals surface area contributed by atoms with E-state index in [0.717, 1.165) is 0 Å². The molecule has 10 heteroatoms. The number of ether oxygens (including phenoxy) is 3. The van der Waals surface area contributed by atoms with E-state index in [-0.39, 0.29) is 0 Å². The third-order valence-corrected chi connectivity index (χ3v) is 4.34. The first-order chi connectivity index (χ1) is 10.8. The third-order valence-electron chi connectivity index (χ3n) is 4.34. The molecule has 0 amide bonds. The van der Waals surface area contributed by atoms with Crippen LogP contribution in [-0.4, -0.2) is 104 Å². The van der Waals surface area contributed by atoms with Gasteiger partial charge in [-0.1, -0.05) is 6.92 Å². The molecular formula is C13H24O10. The second-order valence-corrected chi connectivity index (χ2v) is 5.90. The fraction of sp³-hybridized carbons (Fsp3) is 1.00. The third kappa shape index (κ3) is 3.66. The van der Waals surface area contributed by atoms with E-state index < -0.39 is 74.4 Å². The fourth-order valence-corrected chi connectivity index (χ4v) is 2.70. The molecule has 0 aliphatic carbocycles. The molecule has 2 heterocycles. The number of aliphatic hydroxyl groups is 7. The summed E-state index contributed by atoms with van der Waals surface area (Å²) in [5.41, 5.74) is 0. The molecule has 2 aliphatic heterocycles. The standard InChI is InChI=1S/C13H24O10/c1-4-7(16)5(2-14)21-12(8(4)17)23-13-11(20)10(19)9(18)6(3-15)22-13/h4-20H,2-3H2,1H3. The molecule has 0 aromatic rings. The highest BCUT2D eigenvalue weighted by molar-refractivity contribution is 4.91. The van der Waals surface area contributed by atoms with Crippen LogP contribution in [0.1, 0.15) is 6.92 Å². The van der Waals surface area contributed by atoms with Crippen LogP contribution in [-0.2, 0) is 14.2 Å². The zero-order valence-electron chi connectivity index (χ0n) is 12.5. The highest BCUT2D eigenvalue weighted by atomic mass is 16.8. The van der Waals surface area contributed by atoms with Crippen molar-refractivity contribution in [3.05, 3.63) is 0 Å². The van der Waals surface area contributed by atoms with E-state index in [9.17, 15) is 30.6 Å². The molecule has 23 heavy (non-hydrogen) atoms. The van der Waals surface area contributed by atoms with Crippen LogP contribution < -0.4 is 0 Å². The smallest absolute Gasteiger partial charge is 0.189 e. The summed E-state index contributed by atoms with van der Waals surface area (Å²) in [5, 5.41) is 67.5. The Hall–Kier alpha value is -0.400. The predicted molar refractivity (Wildman–Crippen MR) is 71.8 cm³/mol. The Labute approximate surface area is 132 Å². The number of rotatable bonds is 4. The lowest BCUT2D eigenvalue weighted by Gasteiger charge is -2.45. The summed E-state index contributed by atoms with van der Waals surface area (Å²) in [6, 6.07) is 0. The largest absolute Gasteiger partial charge is 0.394 e. The van der Waals surface area contributed by atoms with Gasteiger partial charge in [-0.05, 0) is 0 Å². The minimum Gasteiger partial charge on any atom is -0.394 e. The van der Waals surface area contributed by atoms with E-state index in [4.69, 9.17) is 19.3 Å². The Morgan fingerprint density at radius 2 is 1.17 bits per heavy atom. The average molecular weight is 340 g/mol. The van der Waals surface area contributed by atoms with Crippen LogP contribution in [0.5, 0.6) is 0 Å². The maximum absolute atomic E-state index is 10.1. The summed E-state index contributed by atoms with van der Waals surface area (Å²) in [5.74, 6) is -0.684. The molecular weight excluding hydrogens is 316 g/mol. The van der Waals surface area contributed by atoms with E-state index in [1.807, 2.05) is 0 Å². The molecule has 0 radical (unpaired) electrons. The van der Waals surface area contributed by atoms with E-state index in [2.05, 4.69) is 0 Å². The molecule has 0 aromatic carbocycles. The van der Waals surface area contributed by atoms with Crippen LogP contribution in [0.4, 0.5) is 0 Å². The lowest BCUT2D eigenvalue weighted by molar-refractivity contribution is -0.372. The molecule has 10 nitrogen and oxygen atoms in total. The summed E-state index contributed by atoms with van der Waals surface area (Å²) in [4.78, 5) is 0. The molecule has 10 unspecified atom stereocenters. The van der Waals surface area contributed by atoms with Gasteiger partial charge >= 0.3 is 0 Å². The van der Waals surface area contributed by atoms with Gasteiger partial charge in [-0.2, -0.15) is 0 Å². The number of aliphatic hydroxyl groups excluding tert-OH is 7. The van der Waals surface area contributed by atoms with E-state index in [0.29, 0.717) is 0 Å². The lowest BCUT2D eigenvalue weighted by atomic mass is 9.91. The van der Waals surface area contributed by atoms with Crippen molar-refractivity contribution in [2.75, 3.05) is 13.2 Å².